The van der Waals surface area contributed by atoms with E-state index in [2.05, 4.69) is 6.07 Å². The van der Waals surface area contributed by atoms with E-state index in [1.54, 1.807) is 0 Å². The van der Waals surface area contributed by atoms with E-state index in [4.69, 9.17) is 5.26 Å². The van der Waals surface area contributed by atoms with Crippen LogP contribution in [0.25, 0.3) is 0 Å². The normalized spacial score (nSPS) is 22.6. The minimum Gasteiger partial charge on any atom is -0.478 e. The van der Waals surface area contributed by atoms with Crippen LogP contribution in [0.1, 0.15) is 56.1 Å². The Labute approximate surface area is 125 Å². The molecule has 0 aliphatic heterocycles. The summed E-state index contributed by atoms with van der Waals surface area (Å²) in [5.41, 5.74) is 2.55. The molecule has 1 N–H and O–H groups in total. The van der Waals surface area contributed by atoms with Gasteiger partial charge in [-0.1, -0.05) is 25.1 Å². The highest BCUT2D eigenvalue weighted by Gasteiger charge is 2.27. The summed E-state index contributed by atoms with van der Waals surface area (Å²) in [5.74, 6) is -0.0820. The summed E-state index contributed by atoms with van der Waals surface area (Å²) >= 11 is 0. The first-order valence-electron chi connectivity index (χ1n) is 7.59. The average Bonchev–Trinajstić information content (AvgIpc) is 2.53. The molecule has 1 aromatic rings. The van der Waals surface area contributed by atoms with E-state index in [1.165, 1.54) is 5.56 Å². The maximum Gasteiger partial charge on any atom is 0.331 e. The van der Waals surface area contributed by atoms with Crippen LogP contribution < -0.4 is 0 Å². The molecule has 0 amide bonds. The van der Waals surface area contributed by atoms with Crippen LogP contribution in [-0.4, -0.2) is 11.1 Å². The Bertz CT molecular complexity index is 558. The molecule has 0 aromatic heterocycles. The van der Waals surface area contributed by atoms with E-state index in [-0.39, 0.29) is 5.92 Å². The second-order valence-electron chi connectivity index (χ2n) is 5.66. The molecule has 0 saturated heterocycles. The molecule has 0 heterocycles. The minimum atomic E-state index is -0.765. The fourth-order valence-electron chi connectivity index (χ4n) is 3.22. The lowest BCUT2D eigenvalue weighted by Crippen LogP contribution is -2.19. The summed E-state index contributed by atoms with van der Waals surface area (Å²) in [5, 5.41) is 18.1. The molecular formula is C18H21NO2. The van der Waals surface area contributed by atoms with Gasteiger partial charge in [0.15, 0.2) is 0 Å². The lowest BCUT2D eigenvalue weighted by molar-refractivity contribution is -0.133. The number of aliphatic carboxylic acids is 1. The van der Waals surface area contributed by atoms with Crippen molar-refractivity contribution in [1.82, 2.24) is 0 Å². The lowest BCUT2D eigenvalue weighted by Gasteiger charge is -2.29. The molecule has 21 heavy (non-hydrogen) atoms. The SMILES string of the molecule is CCC=C(C(=O)O)C1CCC(c2ccc(C#N)cc2)CC1. The van der Waals surface area contributed by atoms with Crippen molar-refractivity contribution in [3.05, 3.63) is 47.0 Å². The number of carboxylic acids is 1. The predicted molar refractivity (Wildman–Crippen MR) is 81.9 cm³/mol. The van der Waals surface area contributed by atoms with Crippen molar-refractivity contribution in [2.24, 2.45) is 5.92 Å². The van der Waals surface area contributed by atoms with Crippen molar-refractivity contribution in [3.63, 3.8) is 0 Å². The minimum absolute atomic E-state index is 0.192. The number of nitriles is 1. The van der Waals surface area contributed by atoms with Crippen LogP contribution in [0, 0.1) is 17.2 Å². The van der Waals surface area contributed by atoms with Crippen LogP contribution in [0.15, 0.2) is 35.9 Å². The molecule has 3 nitrogen and oxygen atoms in total. The third-order valence-electron chi connectivity index (χ3n) is 4.35. The second-order valence-corrected chi connectivity index (χ2v) is 5.66. The molecule has 2 rings (SSSR count). The third-order valence-corrected chi connectivity index (χ3v) is 4.35. The number of benzene rings is 1. The maximum atomic E-state index is 11.3. The van der Waals surface area contributed by atoms with Gasteiger partial charge in [-0.25, -0.2) is 4.79 Å². The standard InChI is InChI=1S/C18H21NO2/c1-2-3-17(18(20)21)16-10-8-15(9-11-16)14-6-4-13(12-19)5-7-14/h3-7,15-16H,2,8-11H2,1H3,(H,20,21). The third kappa shape index (κ3) is 3.72. The summed E-state index contributed by atoms with van der Waals surface area (Å²) in [7, 11) is 0. The van der Waals surface area contributed by atoms with Gasteiger partial charge in [-0.15, -0.1) is 0 Å². The topological polar surface area (TPSA) is 61.1 Å². The first kappa shape index (κ1) is 15.3. The zero-order valence-corrected chi connectivity index (χ0v) is 12.4. The zero-order valence-electron chi connectivity index (χ0n) is 12.4. The average molecular weight is 283 g/mol. The van der Waals surface area contributed by atoms with Crippen molar-refractivity contribution in [2.75, 3.05) is 0 Å². The van der Waals surface area contributed by atoms with Gasteiger partial charge in [0.25, 0.3) is 0 Å². The monoisotopic (exact) mass is 283 g/mol. The number of rotatable bonds is 4. The molecule has 0 radical (unpaired) electrons. The highest BCUT2D eigenvalue weighted by Crippen LogP contribution is 2.38. The highest BCUT2D eigenvalue weighted by atomic mass is 16.4. The summed E-state index contributed by atoms with van der Waals surface area (Å²) in [4.78, 5) is 11.3. The lowest BCUT2D eigenvalue weighted by atomic mass is 9.75. The van der Waals surface area contributed by atoms with Crippen LogP contribution in [0.4, 0.5) is 0 Å². The van der Waals surface area contributed by atoms with Gasteiger partial charge in [-0.2, -0.15) is 5.26 Å². The molecule has 110 valence electrons. The van der Waals surface area contributed by atoms with E-state index < -0.39 is 5.97 Å². The first-order chi connectivity index (χ1) is 10.2. The first-order valence-corrected chi connectivity index (χ1v) is 7.59. The Balaban J connectivity index is 2.01. The number of hydrogen-bond donors (Lipinski definition) is 1. The van der Waals surface area contributed by atoms with Gasteiger partial charge in [0.1, 0.15) is 0 Å². The molecule has 1 aliphatic rings. The van der Waals surface area contributed by atoms with Crippen LogP contribution in [0.2, 0.25) is 0 Å². The molecule has 1 fully saturated rings. The van der Waals surface area contributed by atoms with Crippen LogP contribution in [-0.2, 0) is 4.79 Å². The Morgan fingerprint density at radius 2 is 1.90 bits per heavy atom. The number of carboxylic acid groups (broad SMARTS) is 1. The zero-order chi connectivity index (χ0) is 15.2. The van der Waals surface area contributed by atoms with Gasteiger partial charge in [0, 0.05) is 5.57 Å². The van der Waals surface area contributed by atoms with Gasteiger partial charge in [0.05, 0.1) is 11.6 Å². The van der Waals surface area contributed by atoms with Gasteiger partial charge >= 0.3 is 5.97 Å². The van der Waals surface area contributed by atoms with Gasteiger partial charge < -0.3 is 5.11 Å². The van der Waals surface area contributed by atoms with E-state index in [9.17, 15) is 9.90 Å². The molecule has 0 atom stereocenters. The Morgan fingerprint density at radius 1 is 1.29 bits per heavy atom. The molecule has 0 spiro atoms. The van der Waals surface area contributed by atoms with Gasteiger partial charge in [0.2, 0.25) is 0 Å². The highest BCUT2D eigenvalue weighted by molar-refractivity contribution is 5.87. The quantitative estimate of drug-likeness (QED) is 0.840. The van der Waals surface area contributed by atoms with Gasteiger partial charge in [-0.05, 0) is 61.6 Å². The Morgan fingerprint density at radius 3 is 2.38 bits per heavy atom. The number of nitrogens with zero attached hydrogens (tertiary/aromatic N) is 1. The largest absolute Gasteiger partial charge is 0.478 e. The summed E-state index contributed by atoms with van der Waals surface area (Å²) in [6.07, 6.45) is 6.54. The van der Waals surface area contributed by atoms with Crippen molar-refractivity contribution < 1.29 is 9.90 Å². The van der Waals surface area contributed by atoms with Crippen LogP contribution >= 0.6 is 0 Å². The van der Waals surface area contributed by atoms with Crippen molar-refractivity contribution in [2.45, 2.75) is 44.9 Å². The van der Waals surface area contributed by atoms with E-state index in [0.717, 1.165) is 32.1 Å². The van der Waals surface area contributed by atoms with E-state index >= 15 is 0 Å². The van der Waals surface area contributed by atoms with E-state index in [1.807, 2.05) is 37.3 Å². The molecule has 3 heteroatoms. The van der Waals surface area contributed by atoms with Crippen LogP contribution in [0.3, 0.4) is 0 Å². The Kier molecular flexibility index (Phi) is 5.16. The fourth-order valence-corrected chi connectivity index (χ4v) is 3.22. The van der Waals surface area contributed by atoms with Crippen LogP contribution in [0.5, 0.6) is 0 Å². The summed E-state index contributed by atoms with van der Waals surface area (Å²) in [6, 6.07) is 9.92. The number of hydrogen-bond acceptors (Lipinski definition) is 2. The molecule has 1 saturated carbocycles. The molecular weight excluding hydrogens is 262 g/mol. The Hall–Kier alpha value is -2.08. The number of allylic oxidation sites excluding steroid dienone is 1. The summed E-state index contributed by atoms with van der Waals surface area (Å²) in [6.45, 7) is 1.98. The molecule has 1 aliphatic carbocycles. The fraction of sp³-hybridized carbons (Fsp3) is 0.444. The predicted octanol–water partition coefficient (Wildman–Crippen LogP) is 4.25. The second kappa shape index (κ2) is 7.08. The summed E-state index contributed by atoms with van der Waals surface area (Å²) < 4.78 is 0. The number of carbonyl (C=O) groups is 1. The van der Waals surface area contributed by atoms with Gasteiger partial charge in [-0.3, -0.25) is 0 Å². The molecule has 1 aromatic carbocycles. The van der Waals surface area contributed by atoms with Crippen molar-refractivity contribution in [1.29, 1.82) is 5.26 Å². The van der Waals surface area contributed by atoms with Crippen molar-refractivity contribution >= 4 is 5.97 Å². The van der Waals surface area contributed by atoms with E-state index in [0.29, 0.717) is 17.1 Å². The smallest absolute Gasteiger partial charge is 0.331 e. The molecule has 0 unspecified atom stereocenters. The maximum absolute atomic E-state index is 11.3. The molecule has 0 bridgehead atoms. The van der Waals surface area contributed by atoms with Crippen molar-refractivity contribution in [3.8, 4) is 6.07 Å².